The van der Waals surface area contributed by atoms with Gasteiger partial charge < -0.3 is 15.4 Å². The van der Waals surface area contributed by atoms with Gasteiger partial charge in [0.05, 0.1) is 6.54 Å². The van der Waals surface area contributed by atoms with Gasteiger partial charge in [-0.05, 0) is 23.6 Å². The standard InChI is InChI=1S/C18H23N3O5S2/c1-12(2)16(21-18(23)26-11-13-6-4-3-5-7-13)17(22)20-10-14-8-9-15(27-14)28(19,24)25/h3-9,12,16H,10-11H2,1-2H3,(H,20,22)(H,21,23)(H2,19,24,25)/t16-/m0/s1. The number of rotatable bonds is 8. The number of ether oxygens (including phenoxy) is 1. The van der Waals surface area contributed by atoms with Crippen LogP contribution in [-0.2, 0) is 32.7 Å². The van der Waals surface area contributed by atoms with E-state index in [0.29, 0.717) is 4.88 Å². The van der Waals surface area contributed by atoms with Crippen LogP contribution in [0.25, 0.3) is 0 Å². The topological polar surface area (TPSA) is 128 Å². The number of carbonyl (C=O) groups is 2. The van der Waals surface area contributed by atoms with Crippen molar-refractivity contribution in [3.8, 4) is 0 Å². The molecule has 1 aromatic carbocycles. The summed E-state index contributed by atoms with van der Waals surface area (Å²) in [7, 11) is -3.76. The van der Waals surface area contributed by atoms with Crippen molar-refractivity contribution in [2.24, 2.45) is 11.1 Å². The Morgan fingerprint density at radius 3 is 2.39 bits per heavy atom. The molecule has 2 aromatic rings. The summed E-state index contributed by atoms with van der Waals surface area (Å²) < 4.78 is 27.8. The van der Waals surface area contributed by atoms with Crippen molar-refractivity contribution >= 4 is 33.4 Å². The first-order valence-electron chi connectivity index (χ1n) is 8.53. The molecule has 1 atom stereocenters. The molecule has 0 radical (unpaired) electrons. The minimum Gasteiger partial charge on any atom is -0.445 e. The molecule has 0 fully saturated rings. The Morgan fingerprint density at radius 2 is 1.82 bits per heavy atom. The Bertz CT molecular complexity index is 910. The molecule has 28 heavy (non-hydrogen) atoms. The molecule has 0 unspecified atom stereocenters. The van der Waals surface area contributed by atoms with Crippen LogP contribution in [0.5, 0.6) is 0 Å². The van der Waals surface area contributed by atoms with Crippen LogP contribution in [-0.4, -0.2) is 26.5 Å². The maximum absolute atomic E-state index is 12.5. The monoisotopic (exact) mass is 425 g/mol. The summed E-state index contributed by atoms with van der Waals surface area (Å²) in [5.41, 5.74) is 0.839. The molecule has 0 aliphatic carbocycles. The number of sulfonamides is 1. The van der Waals surface area contributed by atoms with Gasteiger partial charge in [0.2, 0.25) is 15.9 Å². The van der Waals surface area contributed by atoms with Crippen molar-refractivity contribution in [3.05, 3.63) is 52.9 Å². The number of nitrogens with two attached hydrogens (primary N) is 1. The molecule has 1 aromatic heterocycles. The zero-order valence-electron chi connectivity index (χ0n) is 15.5. The maximum Gasteiger partial charge on any atom is 0.408 e. The summed E-state index contributed by atoms with van der Waals surface area (Å²) in [5, 5.41) is 10.3. The summed E-state index contributed by atoms with van der Waals surface area (Å²) in [6.45, 7) is 3.82. The van der Waals surface area contributed by atoms with E-state index in [1.54, 1.807) is 19.9 Å². The molecule has 0 saturated heterocycles. The summed E-state index contributed by atoms with van der Waals surface area (Å²) in [5.74, 6) is -0.565. The third kappa shape index (κ3) is 6.63. The second kappa shape index (κ2) is 9.67. The number of nitrogens with one attached hydrogen (secondary N) is 2. The lowest BCUT2D eigenvalue weighted by atomic mass is 10.0. The van der Waals surface area contributed by atoms with E-state index in [0.717, 1.165) is 16.9 Å². The van der Waals surface area contributed by atoms with Gasteiger partial charge in [0.25, 0.3) is 0 Å². The molecule has 0 spiro atoms. The van der Waals surface area contributed by atoms with Crippen LogP contribution < -0.4 is 15.8 Å². The van der Waals surface area contributed by atoms with Gasteiger partial charge >= 0.3 is 6.09 Å². The van der Waals surface area contributed by atoms with E-state index in [9.17, 15) is 18.0 Å². The Hall–Kier alpha value is -2.43. The molecule has 0 bridgehead atoms. The molecule has 4 N–H and O–H groups in total. The number of primary sulfonamides is 1. The Labute approximate surface area is 168 Å². The van der Waals surface area contributed by atoms with Crippen LogP contribution in [0.15, 0.2) is 46.7 Å². The molecule has 8 nitrogen and oxygen atoms in total. The molecule has 2 amide bonds. The minimum atomic E-state index is -3.76. The van der Waals surface area contributed by atoms with Crippen LogP contribution in [0.3, 0.4) is 0 Å². The first-order valence-corrected chi connectivity index (χ1v) is 10.9. The van der Waals surface area contributed by atoms with Crippen molar-refractivity contribution in [1.82, 2.24) is 10.6 Å². The number of hydrogen-bond donors (Lipinski definition) is 3. The number of alkyl carbamates (subject to hydrolysis) is 1. The van der Waals surface area contributed by atoms with Crippen molar-refractivity contribution in [1.29, 1.82) is 0 Å². The summed E-state index contributed by atoms with van der Waals surface area (Å²) >= 11 is 0.982. The minimum absolute atomic E-state index is 0.0276. The van der Waals surface area contributed by atoms with E-state index in [2.05, 4.69) is 10.6 Å². The van der Waals surface area contributed by atoms with E-state index in [1.807, 2.05) is 30.3 Å². The van der Waals surface area contributed by atoms with Gasteiger partial charge in [0, 0.05) is 4.88 Å². The van der Waals surface area contributed by atoms with Crippen molar-refractivity contribution in [3.63, 3.8) is 0 Å². The zero-order valence-corrected chi connectivity index (χ0v) is 17.2. The third-order valence-electron chi connectivity index (χ3n) is 3.79. The maximum atomic E-state index is 12.5. The molecule has 2 rings (SSSR count). The highest BCUT2D eigenvalue weighted by molar-refractivity contribution is 7.91. The number of hydrogen-bond acceptors (Lipinski definition) is 6. The summed E-state index contributed by atoms with van der Waals surface area (Å²) in [6, 6.07) is 11.4. The number of amides is 2. The van der Waals surface area contributed by atoms with Crippen LogP contribution in [0.1, 0.15) is 24.3 Å². The molecule has 0 saturated carbocycles. The lowest BCUT2D eigenvalue weighted by Crippen LogP contribution is -2.49. The first kappa shape index (κ1) is 21.9. The molecule has 152 valence electrons. The highest BCUT2D eigenvalue weighted by Crippen LogP contribution is 2.20. The first-order chi connectivity index (χ1) is 13.2. The smallest absolute Gasteiger partial charge is 0.408 e. The third-order valence-corrected chi connectivity index (χ3v) is 6.31. The largest absolute Gasteiger partial charge is 0.445 e. The van der Waals surface area contributed by atoms with Crippen molar-refractivity contribution < 1.29 is 22.7 Å². The molecular weight excluding hydrogens is 402 g/mol. The predicted octanol–water partition coefficient (Wildman–Crippen LogP) is 1.96. The van der Waals surface area contributed by atoms with Crippen molar-refractivity contribution in [2.75, 3.05) is 0 Å². The normalized spacial score (nSPS) is 12.4. The Kier molecular flexibility index (Phi) is 7.55. The average Bonchev–Trinajstić information content (AvgIpc) is 3.12. The van der Waals surface area contributed by atoms with Gasteiger partial charge in [-0.1, -0.05) is 44.2 Å². The molecular formula is C18H23N3O5S2. The number of thiophene rings is 1. The quantitative estimate of drug-likeness (QED) is 0.596. The fraction of sp³-hybridized carbons (Fsp3) is 0.333. The molecule has 0 aliphatic heterocycles. The fourth-order valence-corrected chi connectivity index (χ4v) is 4.04. The van der Waals surface area contributed by atoms with Crippen LogP contribution >= 0.6 is 11.3 Å². The number of benzene rings is 1. The van der Waals surface area contributed by atoms with Gasteiger partial charge in [-0.2, -0.15) is 0 Å². The van der Waals surface area contributed by atoms with E-state index >= 15 is 0 Å². The zero-order chi connectivity index (χ0) is 20.7. The molecule has 10 heteroatoms. The highest BCUT2D eigenvalue weighted by Gasteiger charge is 2.25. The lowest BCUT2D eigenvalue weighted by molar-refractivity contribution is -0.124. The van der Waals surface area contributed by atoms with Gasteiger partial charge in [-0.25, -0.2) is 18.4 Å². The second-order valence-corrected chi connectivity index (χ2v) is 9.37. The van der Waals surface area contributed by atoms with E-state index in [1.165, 1.54) is 6.07 Å². The van der Waals surface area contributed by atoms with Gasteiger partial charge in [-0.3, -0.25) is 4.79 Å². The summed E-state index contributed by atoms with van der Waals surface area (Å²) in [4.78, 5) is 25.1. The van der Waals surface area contributed by atoms with Crippen LogP contribution in [0.2, 0.25) is 0 Å². The van der Waals surface area contributed by atoms with E-state index in [-0.39, 0.29) is 23.3 Å². The van der Waals surface area contributed by atoms with E-state index < -0.39 is 28.1 Å². The predicted molar refractivity (Wildman–Crippen MR) is 106 cm³/mol. The second-order valence-electron chi connectivity index (χ2n) is 6.41. The molecule has 1 heterocycles. The molecule has 0 aliphatic rings. The van der Waals surface area contributed by atoms with Gasteiger partial charge in [0.15, 0.2) is 0 Å². The van der Waals surface area contributed by atoms with Gasteiger partial charge in [0.1, 0.15) is 16.9 Å². The van der Waals surface area contributed by atoms with Crippen LogP contribution in [0, 0.1) is 5.92 Å². The van der Waals surface area contributed by atoms with Gasteiger partial charge in [-0.15, -0.1) is 11.3 Å². The highest BCUT2D eigenvalue weighted by atomic mass is 32.2. The number of carbonyl (C=O) groups excluding carboxylic acids is 2. The SMILES string of the molecule is CC(C)[C@H](NC(=O)OCc1ccccc1)C(=O)NCc1ccc(S(N)(=O)=O)s1. The lowest BCUT2D eigenvalue weighted by Gasteiger charge is -2.21. The van der Waals surface area contributed by atoms with E-state index in [4.69, 9.17) is 9.88 Å². The summed E-state index contributed by atoms with van der Waals surface area (Å²) in [6.07, 6.45) is -0.690. The Balaban J connectivity index is 1.88. The van der Waals surface area contributed by atoms with Crippen molar-refractivity contribution in [2.45, 2.75) is 37.3 Å². The average molecular weight is 426 g/mol. The fourth-order valence-electron chi connectivity index (χ4n) is 2.32. The van der Waals surface area contributed by atoms with Crippen LogP contribution in [0.4, 0.5) is 4.79 Å². The Morgan fingerprint density at radius 1 is 1.14 bits per heavy atom.